The number of hydrogen-bond acceptors (Lipinski definition) is 3. The van der Waals surface area contributed by atoms with E-state index in [1.54, 1.807) is 7.11 Å². The van der Waals surface area contributed by atoms with Gasteiger partial charge in [0.15, 0.2) is 11.5 Å². The Morgan fingerprint density at radius 2 is 1.92 bits per heavy atom. The fraction of sp³-hybridized carbons (Fsp3) is 0.476. The van der Waals surface area contributed by atoms with E-state index in [-0.39, 0.29) is 18.1 Å². The molecule has 140 valence electrons. The van der Waals surface area contributed by atoms with E-state index in [1.165, 1.54) is 12.8 Å². The number of carbonyl (C=O) groups excluding carboxylic acids is 1. The molecule has 3 rings (SSSR count). The average Bonchev–Trinajstić information content (AvgIpc) is 3.25. The quantitative estimate of drug-likeness (QED) is 0.846. The standard InChI is InChI=1S/C21H28N2O3/c1-14-9-11-18(23(14)3)21(24)22-15(2)16-10-12-19(20(13-16)25-4)26-17-7-5-6-8-17/h9-13,15,17H,5-8H2,1-4H3,(H,22,24). The second kappa shape index (κ2) is 7.85. The molecule has 2 aromatic rings. The molecule has 1 aromatic carbocycles. The maximum absolute atomic E-state index is 12.5. The number of aromatic nitrogens is 1. The number of carbonyl (C=O) groups is 1. The topological polar surface area (TPSA) is 52.5 Å². The van der Waals surface area contributed by atoms with Gasteiger partial charge in [-0.2, -0.15) is 0 Å². The van der Waals surface area contributed by atoms with Crippen LogP contribution in [0.3, 0.4) is 0 Å². The first kappa shape index (κ1) is 18.4. The van der Waals surface area contributed by atoms with Crippen molar-refractivity contribution in [2.24, 2.45) is 7.05 Å². The molecule has 1 saturated carbocycles. The first-order valence-corrected chi connectivity index (χ1v) is 9.27. The van der Waals surface area contributed by atoms with Crippen LogP contribution >= 0.6 is 0 Å². The molecule has 1 aliphatic carbocycles. The molecule has 1 atom stereocenters. The molecule has 0 aliphatic heterocycles. The Hall–Kier alpha value is -2.43. The Labute approximate surface area is 155 Å². The van der Waals surface area contributed by atoms with Gasteiger partial charge in [-0.25, -0.2) is 0 Å². The molecule has 0 bridgehead atoms. The Kier molecular flexibility index (Phi) is 5.55. The Morgan fingerprint density at radius 3 is 2.54 bits per heavy atom. The minimum Gasteiger partial charge on any atom is -0.493 e. The molecule has 1 N–H and O–H groups in total. The molecule has 26 heavy (non-hydrogen) atoms. The molecule has 1 amide bonds. The van der Waals surface area contributed by atoms with E-state index >= 15 is 0 Å². The van der Waals surface area contributed by atoms with Gasteiger partial charge >= 0.3 is 0 Å². The van der Waals surface area contributed by atoms with E-state index in [0.29, 0.717) is 11.4 Å². The van der Waals surface area contributed by atoms with Crippen LogP contribution < -0.4 is 14.8 Å². The number of hydrogen-bond donors (Lipinski definition) is 1. The molecule has 5 heteroatoms. The highest BCUT2D eigenvalue weighted by Gasteiger charge is 2.20. The third-order valence-corrected chi connectivity index (χ3v) is 5.24. The molecule has 1 unspecified atom stereocenters. The number of aryl methyl sites for hydroxylation is 1. The van der Waals surface area contributed by atoms with Crippen molar-refractivity contribution in [3.8, 4) is 11.5 Å². The minimum absolute atomic E-state index is 0.0849. The van der Waals surface area contributed by atoms with Gasteiger partial charge in [0.05, 0.1) is 19.3 Å². The van der Waals surface area contributed by atoms with Gasteiger partial charge in [0.1, 0.15) is 5.69 Å². The van der Waals surface area contributed by atoms with Crippen molar-refractivity contribution >= 4 is 5.91 Å². The number of rotatable bonds is 6. The SMILES string of the molecule is COc1cc(C(C)NC(=O)c2ccc(C)n2C)ccc1OC1CCCC1. The van der Waals surface area contributed by atoms with Gasteiger partial charge in [-0.3, -0.25) is 4.79 Å². The summed E-state index contributed by atoms with van der Waals surface area (Å²) in [6, 6.07) is 9.54. The summed E-state index contributed by atoms with van der Waals surface area (Å²) in [4.78, 5) is 12.5. The molecule has 1 aliphatic rings. The third-order valence-electron chi connectivity index (χ3n) is 5.24. The van der Waals surface area contributed by atoms with Crippen molar-refractivity contribution in [3.05, 3.63) is 47.3 Å². The van der Waals surface area contributed by atoms with E-state index in [2.05, 4.69) is 5.32 Å². The first-order chi connectivity index (χ1) is 12.5. The van der Waals surface area contributed by atoms with E-state index in [9.17, 15) is 4.79 Å². The predicted octanol–water partition coefficient (Wildman–Crippen LogP) is 4.15. The summed E-state index contributed by atoms with van der Waals surface area (Å²) in [5.41, 5.74) is 2.69. The van der Waals surface area contributed by atoms with Gasteiger partial charge in [-0.05, 0) is 69.4 Å². The molecule has 1 fully saturated rings. The molecule has 0 spiro atoms. The largest absolute Gasteiger partial charge is 0.493 e. The van der Waals surface area contributed by atoms with Crippen LogP contribution in [-0.2, 0) is 7.05 Å². The minimum atomic E-state index is -0.132. The molecule has 1 aromatic heterocycles. The van der Waals surface area contributed by atoms with E-state index < -0.39 is 0 Å². The van der Waals surface area contributed by atoms with Gasteiger partial charge in [-0.15, -0.1) is 0 Å². The number of nitrogens with one attached hydrogen (secondary N) is 1. The van der Waals surface area contributed by atoms with Gasteiger partial charge in [0.2, 0.25) is 0 Å². The van der Waals surface area contributed by atoms with Crippen molar-refractivity contribution in [1.29, 1.82) is 0 Å². The maximum Gasteiger partial charge on any atom is 0.268 e. The van der Waals surface area contributed by atoms with Crippen molar-refractivity contribution in [2.45, 2.75) is 51.7 Å². The van der Waals surface area contributed by atoms with Crippen molar-refractivity contribution in [1.82, 2.24) is 9.88 Å². The summed E-state index contributed by atoms with van der Waals surface area (Å²) in [6.07, 6.45) is 4.95. The second-order valence-corrected chi connectivity index (χ2v) is 7.05. The monoisotopic (exact) mass is 356 g/mol. The smallest absolute Gasteiger partial charge is 0.268 e. The molecule has 0 saturated heterocycles. The number of methoxy groups -OCH3 is 1. The first-order valence-electron chi connectivity index (χ1n) is 9.27. The summed E-state index contributed by atoms with van der Waals surface area (Å²) in [6.45, 7) is 3.95. The summed E-state index contributed by atoms with van der Waals surface area (Å²) in [5, 5.41) is 3.05. The highest BCUT2D eigenvalue weighted by Crippen LogP contribution is 2.33. The molecular formula is C21H28N2O3. The highest BCUT2D eigenvalue weighted by atomic mass is 16.5. The molecule has 0 radical (unpaired) electrons. The summed E-state index contributed by atoms with van der Waals surface area (Å²) >= 11 is 0. The van der Waals surface area contributed by atoms with Crippen molar-refractivity contribution in [2.75, 3.05) is 7.11 Å². The fourth-order valence-corrected chi connectivity index (χ4v) is 3.43. The lowest BCUT2D eigenvalue weighted by Crippen LogP contribution is -2.28. The Balaban J connectivity index is 1.71. The predicted molar refractivity (Wildman–Crippen MR) is 102 cm³/mol. The lowest BCUT2D eigenvalue weighted by atomic mass is 10.1. The fourth-order valence-electron chi connectivity index (χ4n) is 3.43. The average molecular weight is 356 g/mol. The zero-order valence-corrected chi connectivity index (χ0v) is 16.0. The summed E-state index contributed by atoms with van der Waals surface area (Å²) < 4.78 is 13.5. The Bertz CT molecular complexity index is 776. The summed E-state index contributed by atoms with van der Waals surface area (Å²) in [7, 11) is 3.55. The van der Waals surface area contributed by atoms with E-state index in [1.807, 2.05) is 55.8 Å². The normalized spacial score (nSPS) is 15.7. The van der Waals surface area contributed by atoms with Gasteiger partial charge in [0, 0.05) is 12.7 Å². The van der Waals surface area contributed by atoms with Crippen molar-refractivity contribution < 1.29 is 14.3 Å². The maximum atomic E-state index is 12.5. The second-order valence-electron chi connectivity index (χ2n) is 7.05. The van der Waals surface area contributed by atoms with Crippen LogP contribution in [0.4, 0.5) is 0 Å². The Morgan fingerprint density at radius 1 is 1.19 bits per heavy atom. The van der Waals surface area contributed by atoms with Gasteiger partial charge in [-0.1, -0.05) is 6.07 Å². The molecule has 1 heterocycles. The van der Waals surface area contributed by atoms with Crippen molar-refractivity contribution in [3.63, 3.8) is 0 Å². The van der Waals surface area contributed by atoms with Gasteiger partial charge < -0.3 is 19.4 Å². The summed E-state index contributed by atoms with van der Waals surface area (Å²) in [5.74, 6) is 1.41. The van der Waals surface area contributed by atoms with Crippen LogP contribution in [0.1, 0.15) is 60.4 Å². The van der Waals surface area contributed by atoms with E-state index in [4.69, 9.17) is 9.47 Å². The van der Waals surface area contributed by atoms with Crippen LogP contribution in [0.15, 0.2) is 30.3 Å². The molecular weight excluding hydrogens is 328 g/mol. The molecule has 5 nitrogen and oxygen atoms in total. The number of amides is 1. The highest BCUT2D eigenvalue weighted by molar-refractivity contribution is 5.93. The van der Waals surface area contributed by atoms with Gasteiger partial charge in [0.25, 0.3) is 5.91 Å². The zero-order chi connectivity index (χ0) is 18.7. The number of nitrogens with zero attached hydrogens (tertiary/aromatic N) is 1. The number of ether oxygens (including phenoxy) is 2. The lowest BCUT2D eigenvalue weighted by molar-refractivity contribution is 0.0931. The van der Waals surface area contributed by atoms with E-state index in [0.717, 1.165) is 29.8 Å². The number of benzene rings is 1. The third kappa shape index (κ3) is 3.87. The van der Waals surface area contributed by atoms with Crippen LogP contribution in [0.25, 0.3) is 0 Å². The zero-order valence-electron chi connectivity index (χ0n) is 16.0. The lowest BCUT2D eigenvalue weighted by Gasteiger charge is -2.19. The van der Waals surface area contributed by atoms with Crippen LogP contribution in [0.5, 0.6) is 11.5 Å². The van der Waals surface area contributed by atoms with Crippen LogP contribution in [-0.4, -0.2) is 23.7 Å². The van der Waals surface area contributed by atoms with Crippen LogP contribution in [0, 0.1) is 6.92 Å². The van der Waals surface area contributed by atoms with Crippen LogP contribution in [0.2, 0.25) is 0 Å².